The highest BCUT2D eigenvalue weighted by Crippen LogP contribution is 2.42. The summed E-state index contributed by atoms with van der Waals surface area (Å²) in [5, 5.41) is 11.6. The summed E-state index contributed by atoms with van der Waals surface area (Å²) in [6.07, 6.45) is 2.31. The van der Waals surface area contributed by atoms with E-state index in [1.54, 1.807) is 11.3 Å². The minimum Gasteiger partial charge on any atom is -0.298 e. The molecule has 140 valence electrons. The molecule has 4 rings (SSSR count). The summed E-state index contributed by atoms with van der Waals surface area (Å²) in [6.45, 7) is 8.12. The zero-order chi connectivity index (χ0) is 19.1. The second-order valence-electron chi connectivity index (χ2n) is 7.26. The van der Waals surface area contributed by atoms with Crippen LogP contribution < -0.4 is 0 Å². The molecule has 1 aliphatic rings. The van der Waals surface area contributed by atoms with Crippen LogP contribution >= 0.6 is 23.1 Å². The van der Waals surface area contributed by atoms with E-state index >= 15 is 0 Å². The van der Waals surface area contributed by atoms with Gasteiger partial charge in [-0.25, -0.2) is 0 Å². The quantitative estimate of drug-likeness (QED) is 0.399. The van der Waals surface area contributed by atoms with E-state index in [2.05, 4.69) is 46.1 Å². The molecule has 0 saturated heterocycles. The highest BCUT2D eigenvalue weighted by molar-refractivity contribution is 8.00. The van der Waals surface area contributed by atoms with Gasteiger partial charge in [-0.1, -0.05) is 23.9 Å². The monoisotopic (exact) mass is 397 g/mol. The van der Waals surface area contributed by atoms with Crippen LogP contribution in [0.25, 0.3) is 10.7 Å². The Hall–Kier alpha value is -1.92. The number of aryl methyl sites for hydroxylation is 3. The van der Waals surface area contributed by atoms with Crippen LogP contribution in [0.15, 0.2) is 34.8 Å². The van der Waals surface area contributed by atoms with Crippen molar-refractivity contribution >= 4 is 28.9 Å². The standard InChI is InChI=1S/C21H23N3OS2/c1-12-10-14(3)17(11-13(12)2)19(25)15(4)27-21-23-22-20(18-6-5-9-26-18)24(21)16-7-8-16/h5-6,9-11,15-16H,7-8H2,1-4H3. The predicted molar refractivity (Wildman–Crippen MR) is 112 cm³/mol. The Kier molecular flexibility index (Phi) is 4.95. The van der Waals surface area contributed by atoms with Crippen LogP contribution in [0.1, 0.15) is 52.9 Å². The van der Waals surface area contributed by atoms with Gasteiger partial charge in [0.2, 0.25) is 0 Å². The Labute approximate surface area is 168 Å². The third-order valence-electron chi connectivity index (χ3n) is 5.08. The van der Waals surface area contributed by atoms with Gasteiger partial charge >= 0.3 is 0 Å². The van der Waals surface area contributed by atoms with Crippen LogP contribution in [0.3, 0.4) is 0 Å². The Morgan fingerprint density at radius 3 is 2.59 bits per heavy atom. The minimum atomic E-state index is -0.205. The largest absolute Gasteiger partial charge is 0.298 e. The van der Waals surface area contributed by atoms with Crippen molar-refractivity contribution in [2.45, 2.75) is 57.0 Å². The lowest BCUT2D eigenvalue weighted by molar-refractivity contribution is 0.0993. The van der Waals surface area contributed by atoms with E-state index in [0.717, 1.165) is 45.4 Å². The zero-order valence-electron chi connectivity index (χ0n) is 16.0. The molecule has 0 N–H and O–H groups in total. The molecular formula is C21H23N3OS2. The first-order chi connectivity index (χ1) is 13.0. The molecule has 27 heavy (non-hydrogen) atoms. The first-order valence-electron chi connectivity index (χ1n) is 9.23. The molecule has 1 fully saturated rings. The van der Waals surface area contributed by atoms with Crippen LogP contribution in [0.2, 0.25) is 0 Å². The van der Waals surface area contributed by atoms with Crippen molar-refractivity contribution in [3.8, 4) is 10.7 Å². The molecule has 3 aromatic rings. The Balaban J connectivity index is 1.61. The molecule has 4 nitrogen and oxygen atoms in total. The molecule has 1 aliphatic carbocycles. The van der Waals surface area contributed by atoms with Gasteiger partial charge in [0, 0.05) is 11.6 Å². The molecule has 0 bridgehead atoms. The van der Waals surface area contributed by atoms with E-state index in [1.165, 1.54) is 17.3 Å². The van der Waals surface area contributed by atoms with Crippen molar-refractivity contribution in [3.05, 3.63) is 51.9 Å². The lowest BCUT2D eigenvalue weighted by Crippen LogP contribution is -2.16. The first-order valence-corrected chi connectivity index (χ1v) is 11.0. The summed E-state index contributed by atoms with van der Waals surface area (Å²) in [5.74, 6) is 1.08. The van der Waals surface area contributed by atoms with E-state index < -0.39 is 0 Å². The summed E-state index contributed by atoms with van der Waals surface area (Å²) >= 11 is 3.20. The van der Waals surface area contributed by atoms with Crippen molar-refractivity contribution in [2.24, 2.45) is 0 Å². The summed E-state index contributed by atoms with van der Waals surface area (Å²) < 4.78 is 2.23. The van der Waals surface area contributed by atoms with E-state index in [-0.39, 0.29) is 11.0 Å². The average Bonchev–Trinajstić information content (AvgIpc) is 3.16. The molecule has 0 spiro atoms. The number of nitrogens with zero attached hydrogens (tertiary/aromatic N) is 3. The SMILES string of the molecule is Cc1cc(C)c(C(=O)C(C)Sc2nnc(-c3cccs3)n2C2CC2)cc1C. The van der Waals surface area contributed by atoms with Gasteiger partial charge in [0.1, 0.15) is 0 Å². The molecule has 2 heterocycles. The number of benzene rings is 1. The lowest BCUT2D eigenvalue weighted by Gasteiger charge is -2.14. The first kappa shape index (κ1) is 18.4. The number of hydrogen-bond acceptors (Lipinski definition) is 5. The smallest absolute Gasteiger partial charge is 0.192 e. The van der Waals surface area contributed by atoms with E-state index in [9.17, 15) is 4.79 Å². The number of Topliss-reactive ketones (excluding diaryl/α,β-unsaturated/α-hetero) is 1. The number of ketones is 1. The van der Waals surface area contributed by atoms with Gasteiger partial charge in [-0.05, 0) is 74.7 Å². The Morgan fingerprint density at radius 1 is 1.19 bits per heavy atom. The number of rotatable bonds is 6. The zero-order valence-corrected chi connectivity index (χ0v) is 17.7. The van der Waals surface area contributed by atoms with Crippen LogP contribution in [0.4, 0.5) is 0 Å². The molecule has 1 aromatic carbocycles. The van der Waals surface area contributed by atoms with Crippen LogP contribution in [0, 0.1) is 20.8 Å². The average molecular weight is 398 g/mol. The molecular weight excluding hydrogens is 374 g/mol. The van der Waals surface area contributed by atoms with Crippen molar-refractivity contribution < 1.29 is 4.79 Å². The van der Waals surface area contributed by atoms with Gasteiger partial charge in [-0.2, -0.15) is 0 Å². The fraction of sp³-hybridized carbons (Fsp3) is 0.381. The number of thiophene rings is 1. The van der Waals surface area contributed by atoms with Gasteiger partial charge in [0.25, 0.3) is 0 Å². The van der Waals surface area contributed by atoms with Crippen LogP contribution in [-0.2, 0) is 0 Å². The molecule has 2 aromatic heterocycles. The van der Waals surface area contributed by atoms with Gasteiger partial charge < -0.3 is 0 Å². The third kappa shape index (κ3) is 3.60. The summed E-state index contributed by atoms with van der Waals surface area (Å²) in [7, 11) is 0. The highest BCUT2D eigenvalue weighted by Gasteiger charge is 2.32. The van der Waals surface area contributed by atoms with Gasteiger partial charge in [0.05, 0.1) is 10.1 Å². The molecule has 0 amide bonds. The molecule has 0 radical (unpaired) electrons. The fourth-order valence-corrected chi connectivity index (χ4v) is 4.94. The summed E-state index contributed by atoms with van der Waals surface area (Å²) in [5.41, 5.74) is 4.23. The number of carbonyl (C=O) groups is 1. The second-order valence-corrected chi connectivity index (χ2v) is 9.52. The number of aromatic nitrogens is 3. The van der Waals surface area contributed by atoms with Gasteiger partial charge in [-0.3, -0.25) is 9.36 Å². The van der Waals surface area contributed by atoms with Crippen LogP contribution in [-0.4, -0.2) is 25.8 Å². The molecule has 1 saturated carbocycles. The van der Waals surface area contributed by atoms with Gasteiger partial charge in [-0.15, -0.1) is 21.5 Å². The van der Waals surface area contributed by atoms with Crippen molar-refractivity contribution in [3.63, 3.8) is 0 Å². The van der Waals surface area contributed by atoms with Crippen molar-refractivity contribution in [2.75, 3.05) is 0 Å². The predicted octanol–water partition coefficient (Wildman–Crippen LogP) is 5.63. The maximum absolute atomic E-state index is 13.1. The lowest BCUT2D eigenvalue weighted by atomic mass is 9.97. The summed E-state index contributed by atoms with van der Waals surface area (Å²) in [4.78, 5) is 14.2. The van der Waals surface area contributed by atoms with E-state index in [4.69, 9.17) is 0 Å². The maximum Gasteiger partial charge on any atom is 0.192 e. The van der Waals surface area contributed by atoms with E-state index in [1.807, 2.05) is 26.0 Å². The molecule has 1 atom stereocenters. The Bertz CT molecular complexity index is 987. The highest BCUT2D eigenvalue weighted by atomic mass is 32.2. The third-order valence-corrected chi connectivity index (χ3v) is 7.00. The van der Waals surface area contributed by atoms with Crippen molar-refractivity contribution in [1.29, 1.82) is 0 Å². The van der Waals surface area contributed by atoms with Crippen molar-refractivity contribution in [1.82, 2.24) is 14.8 Å². The second kappa shape index (κ2) is 7.24. The topological polar surface area (TPSA) is 47.8 Å². The number of thioether (sulfide) groups is 1. The number of carbonyl (C=O) groups excluding carboxylic acids is 1. The number of hydrogen-bond donors (Lipinski definition) is 0. The minimum absolute atomic E-state index is 0.156. The Morgan fingerprint density at radius 2 is 1.93 bits per heavy atom. The summed E-state index contributed by atoms with van der Waals surface area (Å²) in [6, 6.07) is 8.70. The fourth-order valence-electron chi connectivity index (χ4n) is 3.25. The molecule has 0 aliphatic heterocycles. The molecule has 1 unspecified atom stereocenters. The molecule has 6 heteroatoms. The maximum atomic E-state index is 13.1. The normalized spacial score (nSPS) is 15.1. The van der Waals surface area contributed by atoms with Crippen LogP contribution in [0.5, 0.6) is 0 Å². The van der Waals surface area contributed by atoms with E-state index in [0.29, 0.717) is 6.04 Å². The van der Waals surface area contributed by atoms with Gasteiger partial charge in [0.15, 0.2) is 16.8 Å².